The molecule has 0 unspecified atom stereocenters. The third-order valence-electron chi connectivity index (χ3n) is 5.30. The molecule has 0 spiro atoms. The molecule has 3 heterocycles. The molecule has 0 saturated heterocycles. The van der Waals surface area contributed by atoms with Crippen molar-refractivity contribution < 1.29 is 23.5 Å². The number of fused-ring (bicyclic) bond motifs is 2. The highest BCUT2D eigenvalue weighted by Gasteiger charge is 2.32. The van der Waals surface area contributed by atoms with Gasteiger partial charge < -0.3 is 20.1 Å². The third-order valence-corrected chi connectivity index (χ3v) is 5.30. The Labute approximate surface area is 182 Å². The van der Waals surface area contributed by atoms with Gasteiger partial charge in [-0.3, -0.25) is 9.59 Å². The molecule has 3 aromatic rings. The molecule has 0 fully saturated rings. The molecule has 2 aromatic carbocycles. The van der Waals surface area contributed by atoms with E-state index in [4.69, 9.17) is 9.47 Å². The van der Waals surface area contributed by atoms with E-state index in [9.17, 15) is 14.0 Å². The molecule has 2 aliphatic rings. The number of nitrogens with one attached hydrogen (secondary N) is 2. The summed E-state index contributed by atoms with van der Waals surface area (Å²) in [5.41, 5.74) is 1.51. The zero-order valence-corrected chi connectivity index (χ0v) is 17.2. The van der Waals surface area contributed by atoms with Crippen LogP contribution in [0.2, 0.25) is 0 Å². The predicted molar refractivity (Wildman–Crippen MR) is 111 cm³/mol. The van der Waals surface area contributed by atoms with Crippen molar-refractivity contribution in [3.63, 3.8) is 0 Å². The van der Waals surface area contributed by atoms with Gasteiger partial charge in [-0.05, 0) is 30.2 Å². The van der Waals surface area contributed by atoms with E-state index in [-0.39, 0.29) is 23.9 Å². The Bertz CT molecular complexity index is 1200. The van der Waals surface area contributed by atoms with Crippen LogP contribution >= 0.6 is 0 Å². The van der Waals surface area contributed by atoms with Gasteiger partial charge in [0.25, 0.3) is 11.8 Å². The highest BCUT2D eigenvalue weighted by Crippen LogP contribution is 2.31. The number of ether oxygens (including phenoxy) is 2. The van der Waals surface area contributed by atoms with Gasteiger partial charge in [-0.2, -0.15) is 0 Å². The van der Waals surface area contributed by atoms with Crippen molar-refractivity contribution in [3.8, 4) is 5.75 Å². The van der Waals surface area contributed by atoms with Crippen LogP contribution < -0.4 is 15.4 Å². The third kappa shape index (κ3) is 3.69. The number of aromatic nitrogens is 3. The lowest BCUT2D eigenvalue weighted by molar-refractivity contribution is -0.118. The summed E-state index contributed by atoms with van der Waals surface area (Å²) in [6, 6.07) is 11.4. The summed E-state index contributed by atoms with van der Waals surface area (Å²) in [6.45, 7) is 2.45. The van der Waals surface area contributed by atoms with E-state index in [1.807, 2.05) is 30.3 Å². The van der Waals surface area contributed by atoms with Crippen LogP contribution in [0.1, 0.15) is 33.7 Å². The Hall–Kier alpha value is -3.79. The quantitative estimate of drug-likeness (QED) is 0.649. The molecule has 2 atom stereocenters. The minimum atomic E-state index is -1.05. The van der Waals surface area contributed by atoms with E-state index in [1.165, 1.54) is 6.07 Å². The van der Waals surface area contributed by atoms with Crippen molar-refractivity contribution in [3.05, 3.63) is 71.1 Å². The summed E-state index contributed by atoms with van der Waals surface area (Å²) in [6.07, 6.45) is -0.441. The Morgan fingerprint density at radius 3 is 2.91 bits per heavy atom. The summed E-state index contributed by atoms with van der Waals surface area (Å²) in [5.74, 6) is -1.18. The molecule has 0 saturated carbocycles. The van der Waals surface area contributed by atoms with Gasteiger partial charge in [-0.1, -0.05) is 30.3 Å². The van der Waals surface area contributed by atoms with E-state index < -0.39 is 29.8 Å². The van der Waals surface area contributed by atoms with Gasteiger partial charge in [-0.15, -0.1) is 5.10 Å². The zero-order valence-electron chi connectivity index (χ0n) is 17.2. The van der Waals surface area contributed by atoms with Crippen molar-refractivity contribution in [1.82, 2.24) is 20.1 Å². The number of carbonyl (C=O) groups is 2. The fourth-order valence-corrected chi connectivity index (χ4v) is 3.75. The summed E-state index contributed by atoms with van der Waals surface area (Å²) in [7, 11) is 0. The molecule has 9 nitrogen and oxygen atoms in total. The topological polar surface area (TPSA) is 107 Å². The van der Waals surface area contributed by atoms with E-state index >= 15 is 0 Å². The molecule has 2 aliphatic heterocycles. The Morgan fingerprint density at radius 2 is 2.09 bits per heavy atom. The number of nitrogens with zero attached hydrogens (tertiary/aromatic N) is 3. The molecule has 32 heavy (non-hydrogen) atoms. The number of benzene rings is 2. The summed E-state index contributed by atoms with van der Waals surface area (Å²) < 4.78 is 27.3. The van der Waals surface area contributed by atoms with E-state index in [0.29, 0.717) is 24.5 Å². The smallest absolute Gasteiger partial charge is 0.291 e. The van der Waals surface area contributed by atoms with Gasteiger partial charge in [0.1, 0.15) is 30.2 Å². The molecular weight excluding hydrogens is 417 g/mol. The van der Waals surface area contributed by atoms with Crippen molar-refractivity contribution in [2.24, 2.45) is 0 Å². The number of rotatable bonds is 3. The fourth-order valence-electron chi connectivity index (χ4n) is 3.75. The number of hydrogen-bond donors (Lipinski definition) is 2. The lowest BCUT2D eigenvalue weighted by atomic mass is 10.1. The van der Waals surface area contributed by atoms with E-state index in [2.05, 4.69) is 20.7 Å². The fraction of sp³-hybridized carbons (Fsp3) is 0.273. The molecule has 164 valence electrons. The lowest BCUT2D eigenvalue weighted by Crippen LogP contribution is -2.46. The first-order valence-corrected chi connectivity index (χ1v) is 10.2. The van der Waals surface area contributed by atoms with Crippen LogP contribution in [0.25, 0.3) is 0 Å². The van der Waals surface area contributed by atoms with Crippen LogP contribution in [-0.4, -0.2) is 45.8 Å². The standard InChI is InChI=1S/C22H20FN5O4/c1-12-9-14(23)17-16(10-12)32-11-15(21(29)25-17)24-22(30)19-26-20-18(13-5-3-2-4-6-13)31-8-7-28(20)27-19/h2-6,9-10,15,18H,7-8,11H2,1H3,(H,24,30)(H,25,29)/t15-,18-/m0/s1. The van der Waals surface area contributed by atoms with Crippen molar-refractivity contribution in [2.75, 3.05) is 18.5 Å². The van der Waals surface area contributed by atoms with Gasteiger partial charge in [-0.25, -0.2) is 14.1 Å². The second-order valence-electron chi connectivity index (χ2n) is 7.62. The molecule has 0 aliphatic carbocycles. The van der Waals surface area contributed by atoms with Crippen molar-refractivity contribution >= 4 is 17.5 Å². The molecular formula is C22H20FN5O4. The van der Waals surface area contributed by atoms with Crippen molar-refractivity contribution in [2.45, 2.75) is 25.6 Å². The van der Waals surface area contributed by atoms with Crippen LogP contribution in [0.3, 0.4) is 0 Å². The number of hydrogen-bond acceptors (Lipinski definition) is 6. The predicted octanol–water partition coefficient (Wildman–Crippen LogP) is 1.97. The maximum Gasteiger partial charge on any atom is 0.291 e. The molecule has 5 rings (SSSR count). The monoisotopic (exact) mass is 437 g/mol. The average Bonchev–Trinajstić information content (AvgIpc) is 3.17. The Balaban J connectivity index is 1.34. The molecule has 2 amide bonds. The maximum absolute atomic E-state index is 14.2. The Morgan fingerprint density at radius 1 is 1.28 bits per heavy atom. The molecule has 0 radical (unpaired) electrons. The highest BCUT2D eigenvalue weighted by atomic mass is 19.1. The summed E-state index contributed by atoms with van der Waals surface area (Å²) in [4.78, 5) is 29.8. The highest BCUT2D eigenvalue weighted by molar-refractivity contribution is 6.01. The Kier molecular flexibility index (Phi) is 5.06. The van der Waals surface area contributed by atoms with Crippen LogP contribution in [0.4, 0.5) is 10.1 Å². The van der Waals surface area contributed by atoms with Gasteiger partial charge >= 0.3 is 0 Å². The number of aryl methyl sites for hydroxylation is 1. The van der Waals surface area contributed by atoms with Gasteiger partial charge in [0.2, 0.25) is 5.82 Å². The van der Waals surface area contributed by atoms with Crippen LogP contribution in [-0.2, 0) is 16.1 Å². The molecule has 1 aromatic heterocycles. The van der Waals surface area contributed by atoms with Crippen molar-refractivity contribution in [1.29, 1.82) is 0 Å². The molecule has 10 heteroatoms. The normalized spacial score (nSPS) is 19.8. The number of carbonyl (C=O) groups excluding carboxylic acids is 2. The summed E-state index contributed by atoms with van der Waals surface area (Å²) >= 11 is 0. The SMILES string of the molecule is Cc1cc(F)c2c(c1)OC[C@H](NC(=O)c1nc3n(n1)CCO[C@H]3c1ccccc1)C(=O)N2. The van der Waals surface area contributed by atoms with Crippen LogP contribution in [0.5, 0.6) is 5.75 Å². The number of anilines is 1. The second-order valence-corrected chi connectivity index (χ2v) is 7.62. The zero-order chi connectivity index (χ0) is 22.2. The van der Waals surface area contributed by atoms with E-state index in [1.54, 1.807) is 17.7 Å². The minimum Gasteiger partial charge on any atom is -0.489 e. The minimum absolute atomic E-state index is 0.0456. The van der Waals surface area contributed by atoms with Gasteiger partial charge in [0.05, 0.1) is 13.2 Å². The van der Waals surface area contributed by atoms with Crippen LogP contribution in [0, 0.1) is 12.7 Å². The summed E-state index contributed by atoms with van der Waals surface area (Å²) in [5, 5.41) is 9.35. The molecule has 2 N–H and O–H groups in total. The number of amides is 2. The maximum atomic E-state index is 14.2. The average molecular weight is 437 g/mol. The first-order valence-electron chi connectivity index (χ1n) is 10.2. The van der Waals surface area contributed by atoms with Gasteiger partial charge in [0, 0.05) is 0 Å². The largest absolute Gasteiger partial charge is 0.489 e. The first-order chi connectivity index (χ1) is 15.5. The lowest BCUT2D eigenvalue weighted by Gasteiger charge is -2.22. The molecule has 0 bridgehead atoms. The second kappa shape index (κ2) is 8.04. The van der Waals surface area contributed by atoms with E-state index in [0.717, 1.165) is 5.56 Å². The van der Waals surface area contributed by atoms with Crippen LogP contribution in [0.15, 0.2) is 42.5 Å². The van der Waals surface area contributed by atoms with Gasteiger partial charge in [0.15, 0.2) is 11.6 Å². The first kappa shape index (κ1) is 20.1. The number of halogens is 1.